The van der Waals surface area contributed by atoms with Crippen LogP contribution in [0.1, 0.15) is 79.1 Å². The molecule has 1 saturated heterocycles. The van der Waals surface area contributed by atoms with Gasteiger partial charge in [0.15, 0.2) is 0 Å². The molecule has 5 heteroatoms. The fourth-order valence-electron chi connectivity index (χ4n) is 3.77. The van der Waals surface area contributed by atoms with E-state index in [0.29, 0.717) is 17.2 Å². The lowest BCUT2D eigenvalue weighted by atomic mass is 9.98. The molecule has 1 aromatic rings. The van der Waals surface area contributed by atoms with Crippen LogP contribution in [0.3, 0.4) is 0 Å². The van der Waals surface area contributed by atoms with E-state index in [9.17, 15) is 9.59 Å². The third-order valence-corrected chi connectivity index (χ3v) is 5.50. The van der Waals surface area contributed by atoms with Crippen LogP contribution in [0, 0.1) is 5.92 Å². The highest BCUT2D eigenvalue weighted by molar-refractivity contribution is 5.98. The number of nitrogens with zero attached hydrogens (tertiary/aromatic N) is 2. The highest BCUT2D eigenvalue weighted by Crippen LogP contribution is 2.19. The van der Waals surface area contributed by atoms with Crippen LogP contribution in [-0.2, 0) is 0 Å². The molecule has 3 rings (SSSR count). The summed E-state index contributed by atoms with van der Waals surface area (Å²) in [5.41, 5.74) is 0.913. The number of pyridine rings is 1. The molecule has 2 aliphatic rings. The maximum absolute atomic E-state index is 12.7. The standard InChI is InChI=1S/C20H29N3O2/c1-15-9-12-23(13-10-15)20(25)16-8-11-21-18(14-16)19(24)22-17-6-4-2-3-5-7-17/h8,11,14-15,17H,2-7,9-10,12-13H2,1H3,(H,22,24). The number of nitrogens with one attached hydrogen (secondary N) is 1. The van der Waals surface area contributed by atoms with Gasteiger partial charge in [-0.25, -0.2) is 0 Å². The van der Waals surface area contributed by atoms with Crippen molar-refractivity contribution in [1.29, 1.82) is 0 Å². The van der Waals surface area contributed by atoms with E-state index in [2.05, 4.69) is 17.2 Å². The molecule has 1 aromatic heterocycles. The van der Waals surface area contributed by atoms with Crippen LogP contribution in [0.25, 0.3) is 0 Å². The molecule has 25 heavy (non-hydrogen) atoms. The summed E-state index contributed by atoms with van der Waals surface area (Å²) < 4.78 is 0. The Labute approximate surface area is 150 Å². The summed E-state index contributed by atoms with van der Waals surface area (Å²) in [5.74, 6) is 0.536. The molecule has 0 atom stereocenters. The predicted molar refractivity (Wildman–Crippen MR) is 97.5 cm³/mol. The van der Waals surface area contributed by atoms with Gasteiger partial charge in [-0.3, -0.25) is 14.6 Å². The minimum absolute atomic E-state index is 0.0119. The lowest BCUT2D eigenvalue weighted by Crippen LogP contribution is -2.38. The topological polar surface area (TPSA) is 62.3 Å². The number of rotatable bonds is 3. The van der Waals surface area contributed by atoms with E-state index in [1.54, 1.807) is 18.3 Å². The zero-order valence-corrected chi connectivity index (χ0v) is 15.2. The van der Waals surface area contributed by atoms with Crippen molar-refractivity contribution in [2.75, 3.05) is 13.1 Å². The molecular weight excluding hydrogens is 314 g/mol. The summed E-state index contributed by atoms with van der Waals surface area (Å²) in [7, 11) is 0. The maximum atomic E-state index is 12.7. The fourth-order valence-corrected chi connectivity index (χ4v) is 3.77. The molecule has 0 aromatic carbocycles. The summed E-state index contributed by atoms with van der Waals surface area (Å²) in [4.78, 5) is 31.3. The van der Waals surface area contributed by atoms with E-state index in [0.717, 1.165) is 38.8 Å². The summed E-state index contributed by atoms with van der Waals surface area (Å²) in [6.07, 6.45) is 10.6. The quantitative estimate of drug-likeness (QED) is 0.856. The van der Waals surface area contributed by atoms with E-state index in [1.165, 1.54) is 25.7 Å². The van der Waals surface area contributed by atoms with Gasteiger partial charge in [-0.15, -0.1) is 0 Å². The smallest absolute Gasteiger partial charge is 0.270 e. The molecule has 1 aliphatic carbocycles. The second-order valence-corrected chi connectivity index (χ2v) is 7.57. The first-order valence-electron chi connectivity index (χ1n) is 9.69. The van der Waals surface area contributed by atoms with Crippen molar-refractivity contribution in [3.63, 3.8) is 0 Å². The first kappa shape index (κ1) is 17.9. The largest absolute Gasteiger partial charge is 0.348 e. The molecular formula is C20H29N3O2. The monoisotopic (exact) mass is 343 g/mol. The molecule has 1 N–H and O–H groups in total. The number of hydrogen-bond acceptors (Lipinski definition) is 3. The summed E-state index contributed by atoms with van der Waals surface area (Å²) in [6, 6.07) is 3.59. The number of carbonyl (C=O) groups is 2. The van der Waals surface area contributed by atoms with E-state index in [-0.39, 0.29) is 17.9 Å². The molecule has 0 spiro atoms. The Kier molecular flexibility index (Phi) is 6.05. The van der Waals surface area contributed by atoms with E-state index in [1.807, 2.05) is 4.90 Å². The Morgan fingerprint density at radius 1 is 1.08 bits per heavy atom. The Hall–Kier alpha value is -1.91. The molecule has 2 amide bonds. The van der Waals surface area contributed by atoms with Crippen molar-refractivity contribution in [2.24, 2.45) is 5.92 Å². The average Bonchev–Trinajstić information content (AvgIpc) is 2.90. The number of carbonyl (C=O) groups excluding carboxylic acids is 2. The number of hydrogen-bond donors (Lipinski definition) is 1. The molecule has 0 bridgehead atoms. The van der Waals surface area contributed by atoms with Gasteiger partial charge in [-0.1, -0.05) is 32.6 Å². The SMILES string of the molecule is CC1CCN(C(=O)c2ccnc(C(=O)NC3CCCCCC3)c2)CC1. The third kappa shape index (κ3) is 4.80. The van der Waals surface area contributed by atoms with Crippen LogP contribution >= 0.6 is 0 Å². The van der Waals surface area contributed by atoms with Gasteiger partial charge in [0.05, 0.1) is 0 Å². The summed E-state index contributed by atoms with van der Waals surface area (Å²) in [6.45, 7) is 3.82. The van der Waals surface area contributed by atoms with Crippen molar-refractivity contribution in [1.82, 2.24) is 15.2 Å². The molecule has 5 nitrogen and oxygen atoms in total. The van der Waals surface area contributed by atoms with Crippen LogP contribution in [0.5, 0.6) is 0 Å². The van der Waals surface area contributed by atoms with Crippen molar-refractivity contribution in [3.8, 4) is 0 Å². The van der Waals surface area contributed by atoms with E-state index >= 15 is 0 Å². The Morgan fingerprint density at radius 3 is 2.44 bits per heavy atom. The van der Waals surface area contributed by atoms with Gasteiger partial charge in [0.25, 0.3) is 11.8 Å². The normalized spacial score (nSPS) is 20.1. The van der Waals surface area contributed by atoms with Gasteiger partial charge >= 0.3 is 0 Å². The number of amides is 2. The van der Waals surface area contributed by atoms with Crippen molar-refractivity contribution in [3.05, 3.63) is 29.6 Å². The number of aromatic nitrogens is 1. The van der Waals surface area contributed by atoms with Gasteiger partial charge < -0.3 is 10.2 Å². The van der Waals surface area contributed by atoms with Crippen LogP contribution in [0.4, 0.5) is 0 Å². The van der Waals surface area contributed by atoms with Crippen LogP contribution in [0.15, 0.2) is 18.3 Å². The van der Waals surface area contributed by atoms with Gasteiger partial charge in [0, 0.05) is 30.9 Å². The van der Waals surface area contributed by atoms with Crippen molar-refractivity contribution in [2.45, 2.75) is 64.3 Å². The average molecular weight is 343 g/mol. The number of piperidine rings is 1. The second kappa shape index (κ2) is 8.45. The van der Waals surface area contributed by atoms with Gasteiger partial charge in [0.2, 0.25) is 0 Å². The van der Waals surface area contributed by atoms with E-state index in [4.69, 9.17) is 0 Å². The van der Waals surface area contributed by atoms with Crippen LogP contribution < -0.4 is 5.32 Å². The molecule has 2 fully saturated rings. The Morgan fingerprint density at radius 2 is 1.76 bits per heavy atom. The van der Waals surface area contributed by atoms with Gasteiger partial charge in [0.1, 0.15) is 5.69 Å². The van der Waals surface area contributed by atoms with Gasteiger partial charge in [-0.2, -0.15) is 0 Å². The molecule has 1 saturated carbocycles. The zero-order valence-electron chi connectivity index (χ0n) is 15.2. The summed E-state index contributed by atoms with van der Waals surface area (Å²) >= 11 is 0. The Bertz CT molecular complexity index is 601. The highest BCUT2D eigenvalue weighted by atomic mass is 16.2. The fraction of sp³-hybridized carbons (Fsp3) is 0.650. The maximum Gasteiger partial charge on any atom is 0.270 e. The lowest BCUT2D eigenvalue weighted by Gasteiger charge is -2.30. The molecule has 0 radical (unpaired) electrons. The third-order valence-electron chi connectivity index (χ3n) is 5.50. The zero-order chi connectivity index (χ0) is 17.6. The molecule has 1 aliphatic heterocycles. The molecule has 136 valence electrons. The lowest BCUT2D eigenvalue weighted by molar-refractivity contribution is 0.0697. The van der Waals surface area contributed by atoms with E-state index < -0.39 is 0 Å². The van der Waals surface area contributed by atoms with Crippen molar-refractivity contribution < 1.29 is 9.59 Å². The first-order chi connectivity index (χ1) is 12.1. The minimum Gasteiger partial charge on any atom is -0.348 e. The first-order valence-corrected chi connectivity index (χ1v) is 9.69. The summed E-state index contributed by atoms with van der Waals surface area (Å²) in [5, 5.41) is 3.10. The van der Waals surface area contributed by atoms with Crippen LogP contribution in [0.2, 0.25) is 0 Å². The second-order valence-electron chi connectivity index (χ2n) is 7.57. The van der Waals surface area contributed by atoms with Crippen LogP contribution in [-0.4, -0.2) is 40.8 Å². The Balaban J connectivity index is 1.64. The minimum atomic E-state index is -0.159. The highest BCUT2D eigenvalue weighted by Gasteiger charge is 2.23. The molecule has 2 heterocycles. The van der Waals surface area contributed by atoms with Crippen molar-refractivity contribution >= 4 is 11.8 Å². The predicted octanol–water partition coefficient (Wildman–Crippen LogP) is 3.41. The van der Waals surface area contributed by atoms with Gasteiger partial charge in [-0.05, 0) is 43.7 Å². The number of likely N-dealkylation sites (tertiary alicyclic amines) is 1. The molecule has 0 unspecified atom stereocenters.